The van der Waals surface area contributed by atoms with Crippen molar-refractivity contribution in [1.29, 1.82) is 0 Å². The molecule has 0 bridgehead atoms. The number of aromatic nitrogens is 2. The Labute approximate surface area is 160 Å². The normalized spacial score (nSPS) is 14.1. The lowest BCUT2D eigenvalue weighted by Crippen LogP contribution is -2.49. The third-order valence-electron chi connectivity index (χ3n) is 4.72. The first-order valence-corrected chi connectivity index (χ1v) is 9.46. The summed E-state index contributed by atoms with van der Waals surface area (Å²) in [6.45, 7) is 5.82. The molecular weight excluding hydrogens is 342 g/mol. The van der Waals surface area contributed by atoms with Crippen molar-refractivity contribution in [3.63, 3.8) is 0 Å². The molecule has 0 atom stereocenters. The summed E-state index contributed by atoms with van der Waals surface area (Å²) in [5.74, 6) is 1.51. The Morgan fingerprint density at radius 1 is 1.19 bits per heavy atom. The van der Waals surface area contributed by atoms with Crippen LogP contribution in [0.25, 0.3) is 0 Å². The van der Waals surface area contributed by atoms with E-state index in [-0.39, 0.29) is 5.91 Å². The largest absolute Gasteiger partial charge is 0.495 e. The van der Waals surface area contributed by atoms with Crippen LogP contribution in [0.3, 0.4) is 0 Å². The first-order chi connectivity index (χ1) is 13.2. The van der Waals surface area contributed by atoms with E-state index in [0.29, 0.717) is 24.6 Å². The van der Waals surface area contributed by atoms with Gasteiger partial charge in [0, 0.05) is 38.8 Å². The number of amides is 1. The number of ether oxygens (including phenoxy) is 1. The Morgan fingerprint density at radius 3 is 2.70 bits per heavy atom. The Hall–Kier alpha value is -2.83. The minimum atomic E-state index is -0.0457. The van der Waals surface area contributed by atoms with Gasteiger partial charge in [0.2, 0.25) is 0 Å². The van der Waals surface area contributed by atoms with Crippen molar-refractivity contribution >= 4 is 17.4 Å². The maximum atomic E-state index is 12.8. The van der Waals surface area contributed by atoms with Crippen molar-refractivity contribution in [2.24, 2.45) is 0 Å². The van der Waals surface area contributed by atoms with Crippen molar-refractivity contribution in [3.05, 3.63) is 42.4 Å². The molecule has 1 aromatic carbocycles. The van der Waals surface area contributed by atoms with E-state index in [2.05, 4.69) is 33.2 Å². The lowest BCUT2D eigenvalue weighted by Gasteiger charge is -2.36. The SMILES string of the molecule is CCCCNc1cc(C(=O)N2CCN(c3ccccc3OC)CC2)ncn1. The fourth-order valence-electron chi connectivity index (χ4n) is 3.17. The molecule has 7 heteroatoms. The number of hydrogen-bond acceptors (Lipinski definition) is 6. The van der Waals surface area contributed by atoms with Gasteiger partial charge in [-0.15, -0.1) is 0 Å². The minimum Gasteiger partial charge on any atom is -0.495 e. The van der Waals surface area contributed by atoms with Gasteiger partial charge >= 0.3 is 0 Å². The van der Waals surface area contributed by atoms with Gasteiger partial charge in [-0.25, -0.2) is 9.97 Å². The number of rotatable bonds is 7. The van der Waals surface area contributed by atoms with E-state index in [1.807, 2.05) is 23.1 Å². The van der Waals surface area contributed by atoms with Gasteiger partial charge in [0.05, 0.1) is 12.8 Å². The van der Waals surface area contributed by atoms with Crippen LogP contribution in [0.5, 0.6) is 5.75 Å². The molecule has 2 heterocycles. The third-order valence-corrected chi connectivity index (χ3v) is 4.72. The maximum absolute atomic E-state index is 12.8. The Balaban J connectivity index is 1.61. The molecule has 27 heavy (non-hydrogen) atoms. The van der Waals surface area contributed by atoms with Gasteiger partial charge in [0.15, 0.2) is 0 Å². The number of carbonyl (C=O) groups is 1. The van der Waals surface area contributed by atoms with Crippen LogP contribution in [-0.2, 0) is 0 Å². The van der Waals surface area contributed by atoms with Crippen LogP contribution in [0.1, 0.15) is 30.3 Å². The minimum absolute atomic E-state index is 0.0457. The lowest BCUT2D eigenvalue weighted by molar-refractivity contribution is 0.0740. The number of hydrogen-bond donors (Lipinski definition) is 1. The topological polar surface area (TPSA) is 70.6 Å². The highest BCUT2D eigenvalue weighted by molar-refractivity contribution is 5.93. The summed E-state index contributed by atoms with van der Waals surface area (Å²) >= 11 is 0. The van der Waals surface area contributed by atoms with Crippen molar-refractivity contribution in [3.8, 4) is 5.75 Å². The predicted octanol–water partition coefficient (Wildman–Crippen LogP) is 2.66. The summed E-state index contributed by atoms with van der Waals surface area (Å²) in [6.07, 6.45) is 3.63. The molecule has 2 aromatic rings. The number of piperazine rings is 1. The van der Waals surface area contributed by atoms with Crippen LogP contribution in [-0.4, -0.2) is 60.6 Å². The quantitative estimate of drug-likeness (QED) is 0.757. The van der Waals surface area contributed by atoms with Gasteiger partial charge in [-0.05, 0) is 18.6 Å². The molecule has 0 spiro atoms. The Morgan fingerprint density at radius 2 is 1.96 bits per heavy atom. The predicted molar refractivity (Wildman–Crippen MR) is 107 cm³/mol. The second-order valence-electron chi connectivity index (χ2n) is 6.52. The molecule has 1 saturated heterocycles. The number of anilines is 2. The third kappa shape index (κ3) is 4.67. The first-order valence-electron chi connectivity index (χ1n) is 9.46. The van der Waals surface area contributed by atoms with E-state index in [1.54, 1.807) is 13.2 Å². The van der Waals surface area contributed by atoms with Gasteiger partial charge in [0.25, 0.3) is 5.91 Å². The summed E-state index contributed by atoms with van der Waals surface area (Å²) in [4.78, 5) is 25.3. The van der Waals surface area contributed by atoms with Gasteiger partial charge < -0.3 is 19.9 Å². The van der Waals surface area contributed by atoms with E-state index < -0.39 is 0 Å². The molecule has 144 valence electrons. The van der Waals surface area contributed by atoms with E-state index >= 15 is 0 Å². The second kappa shape index (κ2) is 9.21. The van der Waals surface area contributed by atoms with E-state index in [9.17, 15) is 4.79 Å². The number of para-hydroxylation sites is 2. The Kier molecular flexibility index (Phi) is 6.46. The lowest BCUT2D eigenvalue weighted by atomic mass is 10.2. The molecule has 1 amide bonds. The number of unbranched alkanes of at least 4 members (excludes halogenated alkanes) is 1. The number of benzene rings is 1. The molecule has 1 fully saturated rings. The number of carbonyl (C=O) groups excluding carboxylic acids is 1. The average Bonchev–Trinajstić information content (AvgIpc) is 2.74. The molecule has 0 saturated carbocycles. The smallest absolute Gasteiger partial charge is 0.272 e. The van der Waals surface area contributed by atoms with E-state index in [1.165, 1.54) is 6.33 Å². The fourth-order valence-corrected chi connectivity index (χ4v) is 3.17. The number of methoxy groups -OCH3 is 1. The van der Waals surface area contributed by atoms with Crippen LogP contribution >= 0.6 is 0 Å². The van der Waals surface area contributed by atoms with Gasteiger partial charge in [-0.3, -0.25) is 4.79 Å². The van der Waals surface area contributed by atoms with Crippen molar-refractivity contribution in [2.45, 2.75) is 19.8 Å². The molecular formula is C20H27N5O2. The standard InChI is InChI=1S/C20H27N5O2/c1-3-4-9-21-19-14-16(22-15-23-19)20(26)25-12-10-24(11-13-25)17-7-5-6-8-18(17)27-2/h5-8,14-15H,3-4,9-13H2,1-2H3,(H,21,22,23). The zero-order valence-corrected chi connectivity index (χ0v) is 16.0. The average molecular weight is 369 g/mol. The van der Waals surface area contributed by atoms with Crippen LogP contribution in [0, 0.1) is 0 Å². The number of nitrogens with zero attached hydrogens (tertiary/aromatic N) is 4. The summed E-state index contributed by atoms with van der Waals surface area (Å²) in [5, 5.41) is 3.24. The van der Waals surface area contributed by atoms with Crippen molar-refractivity contribution < 1.29 is 9.53 Å². The monoisotopic (exact) mass is 369 g/mol. The van der Waals surface area contributed by atoms with E-state index in [0.717, 1.165) is 43.9 Å². The molecule has 0 unspecified atom stereocenters. The molecule has 3 rings (SSSR count). The van der Waals surface area contributed by atoms with Crippen molar-refractivity contribution in [1.82, 2.24) is 14.9 Å². The second-order valence-corrected chi connectivity index (χ2v) is 6.52. The highest BCUT2D eigenvalue weighted by Gasteiger charge is 2.24. The van der Waals surface area contributed by atoms with Crippen LogP contribution in [0.4, 0.5) is 11.5 Å². The van der Waals surface area contributed by atoms with E-state index in [4.69, 9.17) is 4.74 Å². The highest BCUT2D eigenvalue weighted by atomic mass is 16.5. The molecule has 7 nitrogen and oxygen atoms in total. The molecule has 1 aromatic heterocycles. The van der Waals surface area contributed by atoms with Gasteiger partial charge in [-0.1, -0.05) is 25.5 Å². The van der Waals surface area contributed by atoms with Crippen molar-refractivity contribution in [2.75, 3.05) is 50.1 Å². The molecule has 0 radical (unpaired) electrons. The van der Waals surface area contributed by atoms with Gasteiger partial charge in [0.1, 0.15) is 23.6 Å². The first kappa shape index (κ1) is 18.9. The summed E-state index contributed by atoms with van der Waals surface area (Å²) in [6, 6.07) is 9.72. The fraction of sp³-hybridized carbons (Fsp3) is 0.450. The summed E-state index contributed by atoms with van der Waals surface area (Å²) in [7, 11) is 1.68. The molecule has 1 aliphatic rings. The number of nitrogens with one attached hydrogen (secondary N) is 1. The zero-order chi connectivity index (χ0) is 19.1. The van der Waals surface area contributed by atoms with Crippen LogP contribution in [0.15, 0.2) is 36.7 Å². The van der Waals surface area contributed by atoms with Gasteiger partial charge in [-0.2, -0.15) is 0 Å². The summed E-state index contributed by atoms with van der Waals surface area (Å²) in [5.41, 5.74) is 1.51. The highest BCUT2D eigenvalue weighted by Crippen LogP contribution is 2.28. The van der Waals surface area contributed by atoms with Crippen LogP contribution in [0.2, 0.25) is 0 Å². The summed E-state index contributed by atoms with van der Waals surface area (Å²) < 4.78 is 5.45. The Bertz CT molecular complexity index is 760. The zero-order valence-electron chi connectivity index (χ0n) is 16.0. The maximum Gasteiger partial charge on any atom is 0.272 e. The molecule has 1 aliphatic heterocycles. The van der Waals surface area contributed by atoms with Crippen LogP contribution < -0.4 is 15.0 Å². The molecule has 1 N–H and O–H groups in total. The molecule has 0 aliphatic carbocycles.